The van der Waals surface area contributed by atoms with E-state index in [0.717, 1.165) is 12.3 Å². The summed E-state index contributed by atoms with van der Waals surface area (Å²) >= 11 is 0. The van der Waals surface area contributed by atoms with Crippen LogP contribution in [0.2, 0.25) is 0 Å². The molecule has 0 saturated heterocycles. The molecule has 2 aromatic carbocycles. The molecule has 0 amide bonds. The van der Waals surface area contributed by atoms with Crippen molar-refractivity contribution in [1.29, 1.82) is 0 Å². The molecule has 2 aromatic rings. The third kappa shape index (κ3) is 2.00. The van der Waals surface area contributed by atoms with Gasteiger partial charge in [0, 0.05) is 0 Å². The van der Waals surface area contributed by atoms with Crippen LogP contribution in [-0.2, 0) is 12.8 Å². The highest BCUT2D eigenvalue weighted by Crippen LogP contribution is 2.37. The number of rotatable bonds is 2. The van der Waals surface area contributed by atoms with Crippen LogP contribution in [0.5, 0.6) is 0 Å². The molecular weight excluding hydrogens is 228 g/mol. The van der Waals surface area contributed by atoms with E-state index in [9.17, 15) is 0 Å². The second-order valence-electron chi connectivity index (χ2n) is 6.18. The van der Waals surface area contributed by atoms with Crippen LogP contribution in [0, 0.1) is 5.92 Å². The van der Waals surface area contributed by atoms with Crippen LogP contribution >= 0.6 is 0 Å². The number of fused-ring (bicyclic) bond motifs is 3. The summed E-state index contributed by atoms with van der Waals surface area (Å²) in [5.41, 5.74) is 7.50. The molecule has 19 heavy (non-hydrogen) atoms. The van der Waals surface area contributed by atoms with Crippen LogP contribution in [0.3, 0.4) is 0 Å². The van der Waals surface area contributed by atoms with E-state index < -0.39 is 0 Å². The van der Waals surface area contributed by atoms with Gasteiger partial charge in [-0.15, -0.1) is 0 Å². The fourth-order valence-electron chi connectivity index (χ4n) is 3.87. The van der Waals surface area contributed by atoms with Gasteiger partial charge in [0.25, 0.3) is 0 Å². The average Bonchev–Trinajstić information content (AvgIpc) is 3.05. The Kier molecular flexibility index (Phi) is 2.69. The molecule has 0 aliphatic heterocycles. The van der Waals surface area contributed by atoms with Gasteiger partial charge in [-0.3, -0.25) is 0 Å². The monoisotopic (exact) mass is 248 g/mol. The molecule has 1 fully saturated rings. The molecule has 0 atom stereocenters. The lowest BCUT2D eigenvalue weighted by atomic mass is 9.95. The summed E-state index contributed by atoms with van der Waals surface area (Å²) in [6.45, 7) is 0. The van der Waals surface area contributed by atoms with Crippen LogP contribution < -0.4 is 0 Å². The molecule has 4 rings (SSSR count). The van der Waals surface area contributed by atoms with Crippen molar-refractivity contribution in [3.63, 3.8) is 0 Å². The van der Waals surface area contributed by atoms with Crippen LogP contribution in [0.1, 0.15) is 42.4 Å². The van der Waals surface area contributed by atoms with Gasteiger partial charge in [-0.25, -0.2) is 0 Å². The van der Waals surface area contributed by atoms with E-state index >= 15 is 0 Å². The van der Waals surface area contributed by atoms with Gasteiger partial charge in [0.05, 0.1) is 0 Å². The molecule has 0 aromatic heterocycles. The standard InChI is InChI=1S/C19H20/c1-2-6-14(5-1)11-15-9-10-19-17(12-15)13-16-7-3-4-8-18(16)19/h3-4,7-10,12,14H,1-2,5-6,11,13H2. The van der Waals surface area contributed by atoms with Crippen LogP contribution in [-0.4, -0.2) is 0 Å². The van der Waals surface area contributed by atoms with Crippen LogP contribution in [0.15, 0.2) is 42.5 Å². The Morgan fingerprint density at radius 2 is 1.63 bits per heavy atom. The summed E-state index contributed by atoms with van der Waals surface area (Å²) in [5, 5.41) is 0. The average molecular weight is 248 g/mol. The molecule has 0 radical (unpaired) electrons. The number of benzene rings is 2. The minimum atomic E-state index is 0.946. The number of hydrogen-bond donors (Lipinski definition) is 0. The van der Waals surface area contributed by atoms with Gasteiger partial charge >= 0.3 is 0 Å². The Balaban J connectivity index is 1.64. The molecular formula is C19H20. The lowest BCUT2D eigenvalue weighted by Crippen LogP contribution is -1.99. The van der Waals surface area contributed by atoms with Gasteiger partial charge in [-0.1, -0.05) is 68.1 Å². The summed E-state index contributed by atoms with van der Waals surface area (Å²) in [7, 11) is 0. The Bertz CT molecular complexity index is 603. The molecule has 0 heterocycles. The Morgan fingerprint density at radius 3 is 2.53 bits per heavy atom. The van der Waals surface area contributed by atoms with E-state index in [1.807, 2.05) is 0 Å². The first kappa shape index (κ1) is 11.3. The highest BCUT2D eigenvalue weighted by Gasteiger charge is 2.19. The minimum absolute atomic E-state index is 0.946. The molecule has 0 spiro atoms. The van der Waals surface area contributed by atoms with Gasteiger partial charge in [-0.05, 0) is 46.6 Å². The number of hydrogen-bond acceptors (Lipinski definition) is 0. The normalized spacial score (nSPS) is 17.5. The van der Waals surface area contributed by atoms with Crippen molar-refractivity contribution < 1.29 is 0 Å². The zero-order chi connectivity index (χ0) is 12.7. The van der Waals surface area contributed by atoms with Crippen LogP contribution in [0.25, 0.3) is 11.1 Å². The van der Waals surface area contributed by atoms with Gasteiger partial charge < -0.3 is 0 Å². The first-order valence-corrected chi connectivity index (χ1v) is 7.60. The quantitative estimate of drug-likeness (QED) is 0.599. The fourth-order valence-corrected chi connectivity index (χ4v) is 3.87. The lowest BCUT2D eigenvalue weighted by Gasteiger charge is -2.10. The Hall–Kier alpha value is -1.56. The molecule has 1 saturated carbocycles. The van der Waals surface area contributed by atoms with Gasteiger partial charge in [-0.2, -0.15) is 0 Å². The molecule has 0 heteroatoms. The fraction of sp³-hybridized carbons (Fsp3) is 0.368. The SMILES string of the molecule is c1ccc2c(c1)Cc1cc(CC3CCCC3)ccc1-2. The summed E-state index contributed by atoms with van der Waals surface area (Å²) < 4.78 is 0. The van der Waals surface area contributed by atoms with E-state index in [0.29, 0.717) is 0 Å². The Labute approximate surface area is 115 Å². The largest absolute Gasteiger partial charge is 0.0619 e. The van der Waals surface area contributed by atoms with Gasteiger partial charge in [0.1, 0.15) is 0 Å². The summed E-state index contributed by atoms with van der Waals surface area (Å²) in [4.78, 5) is 0. The predicted molar refractivity (Wildman–Crippen MR) is 80.3 cm³/mol. The van der Waals surface area contributed by atoms with E-state index in [1.54, 1.807) is 5.56 Å². The molecule has 2 aliphatic carbocycles. The maximum Gasteiger partial charge on any atom is -0.00134 e. The van der Waals surface area contributed by atoms with Crippen molar-refractivity contribution >= 4 is 0 Å². The van der Waals surface area contributed by atoms with Crippen molar-refractivity contribution in [1.82, 2.24) is 0 Å². The summed E-state index contributed by atoms with van der Waals surface area (Å²) in [6, 6.07) is 16.0. The predicted octanol–water partition coefficient (Wildman–Crippen LogP) is 4.99. The molecule has 0 bridgehead atoms. The highest BCUT2D eigenvalue weighted by molar-refractivity contribution is 5.76. The maximum atomic E-state index is 2.47. The van der Waals surface area contributed by atoms with Crippen molar-refractivity contribution in [2.75, 3.05) is 0 Å². The van der Waals surface area contributed by atoms with Crippen molar-refractivity contribution in [2.24, 2.45) is 5.92 Å². The zero-order valence-electron chi connectivity index (χ0n) is 11.4. The first-order chi connectivity index (χ1) is 9.40. The molecule has 2 aliphatic rings. The van der Waals surface area contributed by atoms with Crippen molar-refractivity contribution in [3.05, 3.63) is 59.2 Å². The highest BCUT2D eigenvalue weighted by atomic mass is 14.2. The minimum Gasteiger partial charge on any atom is -0.0619 e. The van der Waals surface area contributed by atoms with Gasteiger partial charge in [0.2, 0.25) is 0 Å². The van der Waals surface area contributed by atoms with Crippen molar-refractivity contribution in [3.8, 4) is 11.1 Å². The summed E-state index contributed by atoms with van der Waals surface area (Å²) in [6.07, 6.45) is 8.20. The third-order valence-electron chi connectivity index (χ3n) is 4.86. The maximum absolute atomic E-state index is 2.47. The second-order valence-corrected chi connectivity index (χ2v) is 6.18. The summed E-state index contributed by atoms with van der Waals surface area (Å²) in [5.74, 6) is 0.946. The van der Waals surface area contributed by atoms with Crippen LogP contribution in [0.4, 0.5) is 0 Å². The lowest BCUT2D eigenvalue weighted by molar-refractivity contribution is 0.546. The van der Waals surface area contributed by atoms with E-state index in [1.165, 1.54) is 54.4 Å². The molecule has 0 N–H and O–H groups in total. The van der Waals surface area contributed by atoms with E-state index in [4.69, 9.17) is 0 Å². The first-order valence-electron chi connectivity index (χ1n) is 7.60. The zero-order valence-corrected chi connectivity index (χ0v) is 11.4. The van der Waals surface area contributed by atoms with Crippen molar-refractivity contribution in [2.45, 2.75) is 38.5 Å². The topological polar surface area (TPSA) is 0 Å². The third-order valence-corrected chi connectivity index (χ3v) is 4.86. The molecule has 96 valence electrons. The molecule has 0 nitrogen and oxygen atoms in total. The Morgan fingerprint density at radius 1 is 0.842 bits per heavy atom. The smallest absolute Gasteiger partial charge is 0.00134 e. The second kappa shape index (κ2) is 4.52. The molecule has 0 unspecified atom stereocenters. The van der Waals surface area contributed by atoms with Gasteiger partial charge in [0.15, 0.2) is 0 Å². The van der Waals surface area contributed by atoms with E-state index in [-0.39, 0.29) is 0 Å². The van der Waals surface area contributed by atoms with E-state index in [2.05, 4.69) is 42.5 Å².